The van der Waals surface area contributed by atoms with Crippen molar-refractivity contribution in [3.05, 3.63) is 23.7 Å². The summed E-state index contributed by atoms with van der Waals surface area (Å²) in [5.74, 6) is -0.991. The molecule has 1 fully saturated rings. The van der Waals surface area contributed by atoms with E-state index in [0.29, 0.717) is 25.2 Å². The first-order valence-corrected chi connectivity index (χ1v) is 5.52. The fourth-order valence-corrected chi connectivity index (χ4v) is 2.25. The van der Waals surface area contributed by atoms with Crippen LogP contribution in [0.3, 0.4) is 0 Å². The normalized spacial score (nSPS) is 27.9. The Bertz CT molecular complexity index is 434. The summed E-state index contributed by atoms with van der Waals surface area (Å²) in [6, 6.07) is 2.88. The quantitative estimate of drug-likeness (QED) is 0.823. The number of carbonyl (C=O) groups is 1. The maximum absolute atomic E-state index is 10.7. The minimum atomic E-state index is -1.14. The molecule has 5 nitrogen and oxygen atoms in total. The number of hydrogen-bond acceptors (Lipinski definition) is 4. The summed E-state index contributed by atoms with van der Waals surface area (Å²) in [6.45, 7) is 4.20. The molecule has 1 atom stereocenters. The van der Waals surface area contributed by atoms with Gasteiger partial charge in [-0.15, -0.1) is 0 Å². The molecular formula is C12H16O5. The summed E-state index contributed by atoms with van der Waals surface area (Å²) < 4.78 is 10.7. The van der Waals surface area contributed by atoms with Gasteiger partial charge in [0.25, 0.3) is 0 Å². The lowest BCUT2D eigenvalue weighted by Crippen LogP contribution is -2.43. The molecule has 0 spiro atoms. The number of hydrogen-bond donors (Lipinski definition) is 2. The molecule has 0 radical (unpaired) electrons. The molecule has 0 aromatic carbocycles. The van der Waals surface area contributed by atoms with Crippen molar-refractivity contribution in [1.82, 2.24) is 0 Å². The first-order valence-electron chi connectivity index (χ1n) is 5.52. The van der Waals surface area contributed by atoms with E-state index in [9.17, 15) is 9.90 Å². The molecule has 2 heterocycles. The minimum absolute atomic E-state index is 0.155. The van der Waals surface area contributed by atoms with Crippen molar-refractivity contribution in [2.24, 2.45) is 0 Å². The van der Waals surface area contributed by atoms with Crippen molar-refractivity contribution in [2.75, 3.05) is 6.61 Å². The second kappa shape index (κ2) is 3.85. The minimum Gasteiger partial charge on any atom is -0.475 e. The van der Waals surface area contributed by atoms with Crippen molar-refractivity contribution >= 4 is 5.97 Å². The molecule has 1 aliphatic heterocycles. The van der Waals surface area contributed by atoms with E-state index >= 15 is 0 Å². The van der Waals surface area contributed by atoms with Gasteiger partial charge in [0.2, 0.25) is 5.76 Å². The maximum Gasteiger partial charge on any atom is 0.371 e. The van der Waals surface area contributed by atoms with E-state index in [1.54, 1.807) is 0 Å². The van der Waals surface area contributed by atoms with E-state index in [4.69, 9.17) is 14.3 Å². The van der Waals surface area contributed by atoms with Crippen molar-refractivity contribution in [3.63, 3.8) is 0 Å². The number of carboxylic acid groups (broad SMARTS) is 1. The molecule has 1 aromatic heterocycles. The number of ether oxygens (including phenoxy) is 1. The lowest BCUT2D eigenvalue weighted by atomic mass is 9.82. The van der Waals surface area contributed by atoms with Gasteiger partial charge < -0.3 is 19.4 Å². The first kappa shape index (κ1) is 12.1. The molecule has 2 N–H and O–H groups in total. The van der Waals surface area contributed by atoms with Gasteiger partial charge in [0, 0.05) is 12.8 Å². The van der Waals surface area contributed by atoms with E-state index in [0.717, 1.165) is 0 Å². The summed E-state index contributed by atoms with van der Waals surface area (Å²) in [5.41, 5.74) is -1.58. The van der Waals surface area contributed by atoms with Crippen molar-refractivity contribution in [2.45, 2.75) is 37.9 Å². The molecule has 2 rings (SSSR count). The van der Waals surface area contributed by atoms with Crippen LogP contribution in [0.5, 0.6) is 0 Å². The highest BCUT2D eigenvalue weighted by molar-refractivity contribution is 5.84. The van der Waals surface area contributed by atoms with Gasteiger partial charge in [0.05, 0.1) is 12.2 Å². The third kappa shape index (κ3) is 2.35. The van der Waals surface area contributed by atoms with Gasteiger partial charge in [-0.2, -0.15) is 0 Å². The maximum atomic E-state index is 10.7. The van der Waals surface area contributed by atoms with Crippen LogP contribution >= 0.6 is 0 Å². The van der Waals surface area contributed by atoms with Crippen LogP contribution in [0, 0.1) is 0 Å². The second-order valence-corrected chi connectivity index (χ2v) is 5.04. The first-order chi connectivity index (χ1) is 7.82. The van der Waals surface area contributed by atoms with Crippen molar-refractivity contribution in [3.8, 4) is 0 Å². The predicted molar refractivity (Wildman–Crippen MR) is 58.8 cm³/mol. The average Bonchev–Trinajstić information content (AvgIpc) is 2.64. The standard InChI is InChI=1S/C12H16O5/c1-11(2)7-12(15,5-6-16-11)9-4-3-8(17-9)10(13)14/h3-4,15H,5-7H2,1-2H3,(H,13,14). The summed E-state index contributed by atoms with van der Waals surface area (Å²) >= 11 is 0. The summed E-state index contributed by atoms with van der Waals surface area (Å²) in [5, 5.41) is 19.3. The molecule has 0 saturated carbocycles. The lowest BCUT2D eigenvalue weighted by molar-refractivity contribution is -0.155. The predicted octanol–water partition coefficient (Wildman–Crippen LogP) is 1.75. The summed E-state index contributed by atoms with van der Waals surface area (Å²) in [6.07, 6.45) is 0.787. The molecule has 1 aromatic rings. The van der Waals surface area contributed by atoms with E-state index in [-0.39, 0.29) is 5.76 Å². The van der Waals surface area contributed by atoms with E-state index in [2.05, 4.69) is 0 Å². The SMILES string of the molecule is CC1(C)CC(O)(c2ccc(C(=O)O)o2)CCO1. The molecule has 1 unspecified atom stereocenters. The van der Waals surface area contributed by atoms with Crippen LogP contribution in [-0.4, -0.2) is 28.4 Å². The third-order valence-corrected chi connectivity index (χ3v) is 3.00. The topological polar surface area (TPSA) is 79.9 Å². The Labute approximate surface area is 99.0 Å². The largest absolute Gasteiger partial charge is 0.475 e. The van der Waals surface area contributed by atoms with Gasteiger partial charge in [-0.25, -0.2) is 4.79 Å². The van der Waals surface area contributed by atoms with Gasteiger partial charge in [-0.05, 0) is 26.0 Å². The second-order valence-electron chi connectivity index (χ2n) is 5.04. The Morgan fingerprint density at radius 1 is 1.41 bits per heavy atom. The van der Waals surface area contributed by atoms with E-state index < -0.39 is 17.2 Å². The zero-order valence-corrected chi connectivity index (χ0v) is 9.90. The Morgan fingerprint density at radius 3 is 2.65 bits per heavy atom. The van der Waals surface area contributed by atoms with Crippen molar-refractivity contribution < 1.29 is 24.2 Å². The Kier molecular flexibility index (Phi) is 2.75. The highest BCUT2D eigenvalue weighted by atomic mass is 16.5. The summed E-state index contributed by atoms with van der Waals surface area (Å²) in [7, 11) is 0. The molecule has 5 heteroatoms. The third-order valence-electron chi connectivity index (χ3n) is 3.00. The van der Waals surface area contributed by atoms with Crippen LogP contribution in [-0.2, 0) is 10.3 Å². The molecular weight excluding hydrogens is 224 g/mol. The van der Waals surface area contributed by atoms with Crippen LogP contribution < -0.4 is 0 Å². The van der Waals surface area contributed by atoms with Gasteiger partial charge in [-0.1, -0.05) is 0 Å². The molecule has 1 aliphatic rings. The summed E-state index contributed by atoms with van der Waals surface area (Å²) in [4.78, 5) is 10.7. The number of aromatic carboxylic acids is 1. The van der Waals surface area contributed by atoms with Crippen molar-refractivity contribution in [1.29, 1.82) is 0 Å². The van der Waals surface area contributed by atoms with Crippen LogP contribution in [0.1, 0.15) is 43.0 Å². The molecule has 0 amide bonds. The highest BCUT2D eigenvalue weighted by Crippen LogP contribution is 2.39. The molecule has 17 heavy (non-hydrogen) atoms. The van der Waals surface area contributed by atoms with E-state index in [1.807, 2.05) is 13.8 Å². The number of furan rings is 1. The lowest BCUT2D eigenvalue weighted by Gasteiger charge is -2.40. The van der Waals surface area contributed by atoms with Gasteiger partial charge >= 0.3 is 5.97 Å². The average molecular weight is 240 g/mol. The van der Waals surface area contributed by atoms with Gasteiger partial charge in [0.1, 0.15) is 11.4 Å². The highest BCUT2D eigenvalue weighted by Gasteiger charge is 2.43. The molecule has 0 aliphatic carbocycles. The van der Waals surface area contributed by atoms with Crippen LogP contribution in [0.2, 0.25) is 0 Å². The fourth-order valence-electron chi connectivity index (χ4n) is 2.25. The fraction of sp³-hybridized carbons (Fsp3) is 0.583. The number of rotatable bonds is 2. The van der Waals surface area contributed by atoms with Gasteiger partial charge in [-0.3, -0.25) is 0 Å². The molecule has 94 valence electrons. The number of aliphatic hydroxyl groups is 1. The Morgan fingerprint density at radius 2 is 2.12 bits per heavy atom. The van der Waals surface area contributed by atoms with Crippen LogP contribution in [0.15, 0.2) is 16.5 Å². The van der Waals surface area contributed by atoms with E-state index in [1.165, 1.54) is 12.1 Å². The smallest absolute Gasteiger partial charge is 0.371 e. The molecule has 1 saturated heterocycles. The Balaban J connectivity index is 2.27. The van der Waals surface area contributed by atoms with Crippen LogP contribution in [0.25, 0.3) is 0 Å². The van der Waals surface area contributed by atoms with Crippen LogP contribution in [0.4, 0.5) is 0 Å². The monoisotopic (exact) mass is 240 g/mol. The zero-order valence-electron chi connectivity index (χ0n) is 9.90. The molecule has 0 bridgehead atoms. The zero-order chi connectivity index (χ0) is 12.7. The number of carboxylic acids is 1. The van der Waals surface area contributed by atoms with Gasteiger partial charge in [0.15, 0.2) is 0 Å². The Hall–Kier alpha value is -1.33.